The van der Waals surface area contributed by atoms with Gasteiger partial charge in [0.25, 0.3) is 0 Å². The van der Waals surface area contributed by atoms with Crippen molar-refractivity contribution in [1.82, 2.24) is 14.5 Å². The van der Waals surface area contributed by atoms with E-state index in [0.29, 0.717) is 0 Å². The molecule has 3 heterocycles. The number of hydrogen-bond acceptors (Lipinski definition) is 3. The summed E-state index contributed by atoms with van der Waals surface area (Å²) < 4.78 is 2.89. The summed E-state index contributed by atoms with van der Waals surface area (Å²) in [6, 6.07) is 10.3. The van der Waals surface area contributed by atoms with Gasteiger partial charge in [0.2, 0.25) is 0 Å². The van der Waals surface area contributed by atoms with Gasteiger partial charge in [-0.25, -0.2) is 4.98 Å². The Morgan fingerprint density at radius 3 is 2.45 bits per heavy atom. The lowest BCUT2D eigenvalue weighted by Crippen LogP contribution is -2.52. The smallest absolute Gasteiger partial charge is 0.124 e. The summed E-state index contributed by atoms with van der Waals surface area (Å²) in [5.41, 5.74) is 2.48. The van der Waals surface area contributed by atoms with E-state index < -0.39 is 0 Å². The molecular formula is C17H21BrN4. The number of likely N-dealkylation sites (tertiary alicyclic amines) is 1. The number of benzene rings is 1. The van der Waals surface area contributed by atoms with E-state index in [0.717, 1.165) is 22.4 Å². The standard InChI is InChI=1S/C17H21BrN4/c1-13-6-9-22(13)16-7-8-20(10-16)14-2-4-15(5-3-14)21-11-17(18)19-12-21/h2-5,11-13,16H,6-10H2,1H3/t13-,16?/m1/s1. The van der Waals surface area contributed by atoms with Crippen molar-refractivity contribution in [2.45, 2.75) is 31.8 Å². The minimum Gasteiger partial charge on any atom is -0.370 e. The molecule has 0 N–H and O–H groups in total. The lowest BCUT2D eigenvalue weighted by Gasteiger charge is -2.43. The summed E-state index contributed by atoms with van der Waals surface area (Å²) in [6.07, 6.45) is 6.47. The Labute approximate surface area is 139 Å². The molecule has 2 aliphatic rings. The third-order valence-electron chi connectivity index (χ3n) is 5.07. The van der Waals surface area contributed by atoms with Crippen molar-refractivity contribution in [2.75, 3.05) is 24.5 Å². The molecule has 0 spiro atoms. The predicted octanol–water partition coefficient (Wildman–Crippen LogP) is 3.31. The fourth-order valence-electron chi connectivity index (χ4n) is 3.60. The van der Waals surface area contributed by atoms with Gasteiger partial charge in [0.15, 0.2) is 0 Å². The minimum atomic E-state index is 0.744. The van der Waals surface area contributed by atoms with Crippen molar-refractivity contribution < 1.29 is 0 Å². The highest BCUT2D eigenvalue weighted by molar-refractivity contribution is 9.10. The number of nitrogens with zero attached hydrogens (tertiary/aromatic N) is 4. The van der Waals surface area contributed by atoms with Gasteiger partial charge in [0, 0.05) is 49.3 Å². The fraction of sp³-hybridized carbons (Fsp3) is 0.471. The van der Waals surface area contributed by atoms with E-state index in [1.165, 1.54) is 38.2 Å². The van der Waals surface area contributed by atoms with Gasteiger partial charge >= 0.3 is 0 Å². The molecule has 5 heteroatoms. The lowest BCUT2D eigenvalue weighted by atomic mass is 10.0. The molecule has 116 valence electrons. The molecule has 2 aliphatic heterocycles. The maximum absolute atomic E-state index is 4.21. The number of aromatic nitrogens is 2. The van der Waals surface area contributed by atoms with Crippen LogP contribution in [0.4, 0.5) is 5.69 Å². The Kier molecular flexibility index (Phi) is 3.70. The summed E-state index contributed by atoms with van der Waals surface area (Å²) >= 11 is 3.39. The monoisotopic (exact) mass is 360 g/mol. The highest BCUT2D eigenvalue weighted by Crippen LogP contribution is 2.29. The molecule has 0 aliphatic carbocycles. The van der Waals surface area contributed by atoms with Crippen LogP contribution in [0.5, 0.6) is 0 Å². The van der Waals surface area contributed by atoms with Gasteiger partial charge in [-0.05, 0) is 60.0 Å². The number of anilines is 1. The van der Waals surface area contributed by atoms with Gasteiger partial charge in [-0.2, -0.15) is 0 Å². The van der Waals surface area contributed by atoms with Crippen molar-refractivity contribution in [3.63, 3.8) is 0 Å². The molecule has 2 atom stereocenters. The van der Waals surface area contributed by atoms with Gasteiger partial charge in [-0.15, -0.1) is 0 Å². The van der Waals surface area contributed by atoms with E-state index >= 15 is 0 Å². The van der Waals surface area contributed by atoms with Crippen molar-refractivity contribution in [3.8, 4) is 5.69 Å². The average Bonchev–Trinajstić information content (AvgIpc) is 3.15. The van der Waals surface area contributed by atoms with E-state index in [1.807, 2.05) is 17.1 Å². The van der Waals surface area contributed by atoms with Crippen LogP contribution < -0.4 is 4.90 Å². The van der Waals surface area contributed by atoms with Crippen LogP contribution >= 0.6 is 15.9 Å². The first-order valence-corrected chi connectivity index (χ1v) is 8.80. The molecule has 2 saturated heterocycles. The Morgan fingerprint density at radius 2 is 1.86 bits per heavy atom. The highest BCUT2D eigenvalue weighted by atomic mass is 79.9. The van der Waals surface area contributed by atoms with E-state index in [2.05, 4.69) is 61.9 Å². The molecule has 2 fully saturated rings. The molecule has 1 aromatic heterocycles. The predicted molar refractivity (Wildman–Crippen MR) is 92.7 cm³/mol. The van der Waals surface area contributed by atoms with Crippen LogP contribution in [0.25, 0.3) is 5.69 Å². The van der Waals surface area contributed by atoms with Crippen molar-refractivity contribution in [2.24, 2.45) is 0 Å². The molecule has 2 aromatic rings. The largest absolute Gasteiger partial charge is 0.370 e. The molecule has 1 unspecified atom stereocenters. The van der Waals surface area contributed by atoms with Crippen molar-refractivity contribution >= 4 is 21.6 Å². The third kappa shape index (κ3) is 2.57. The Hall–Kier alpha value is -1.33. The Morgan fingerprint density at radius 1 is 1.09 bits per heavy atom. The lowest BCUT2D eigenvalue weighted by molar-refractivity contribution is 0.0622. The van der Waals surface area contributed by atoms with Crippen LogP contribution in [0.1, 0.15) is 19.8 Å². The summed E-state index contributed by atoms with van der Waals surface area (Å²) in [5.74, 6) is 0. The number of imidazole rings is 1. The zero-order valence-electron chi connectivity index (χ0n) is 12.8. The quantitative estimate of drug-likeness (QED) is 0.839. The molecule has 0 radical (unpaired) electrons. The number of hydrogen-bond donors (Lipinski definition) is 0. The molecule has 0 saturated carbocycles. The maximum atomic E-state index is 4.21. The van der Waals surface area contributed by atoms with Gasteiger partial charge in [0.1, 0.15) is 10.9 Å². The normalized spacial score (nSPS) is 25.5. The first-order chi connectivity index (χ1) is 10.7. The maximum Gasteiger partial charge on any atom is 0.124 e. The van der Waals surface area contributed by atoms with Gasteiger partial charge in [-0.3, -0.25) is 4.90 Å². The van der Waals surface area contributed by atoms with E-state index in [-0.39, 0.29) is 0 Å². The highest BCUT2D eigenvalue weighted by Gasteiger charge is 2.34. The zero-order valence-corrected chi connectivity index (χ0v) is 14.4. The van der Waals surface area contributed by atoms with Crippen LogP contribution in [0.3, 0.4) is 0 Å². The molecule has 1 aromatic carbocycles. The van der Waals surface area contributed by atoms with E-state index in [4.69, 9.17) is 0 Å². The van der Waals surface area contributed by atoms with Crippen molar-refractivity contribution in [3.05, 3.63) is 41.4 Å². The molecule has 4 nitrogen and oxygen atoms in total. The Balaban J connectivity index is 1.45. The summed E-state index contributed by atoms with van der Waals surface area (Å²) in [7, 11) is 0. The molecular weight excluding hydrogens is 340 g/mol. The molecule has 0 bridgehead atoms. The summed E-state index contributed by atoms with van der Waals surface area (Å²) in [4.78, 5) is 9.39. The van der Waals surface area contributed by atoms with Crippen LogP contribution in [-0.4, -0.2) is 46.2 Å². The van der Waals surface area contributed by atoms with Crippen LogP contribution in [0.15, 0.2) is 41.4 Å². The summed E-state index contributed by atoms with van der Waals surface area (Å²) in [6.45, 7) is 5.97. The number of rotatable bonds is 3. The first-order valence-electron chi connectivity index (χ1n) is 8.01. The second kappa shape index (κ2) is 5.70. The molecule has 0 amide bonds. The van der Waals surface area contributed by atoms with E-state index in [9.17, 15) is 0 Å². The van der Waals surface area contributed by atoms with Crippen LogP contribution in [0.2, 0.25) is 0 Å². The third-order valence-corrected chi connectivity index (χ3v) is 5.48. The van der Waals surface area contributed by atoms with Crippen LogP contribution in [0, 0.1) is 0 Å². The van der Waals surface area contributed by atoms with Crippen LogP contribution in [-0.2, 0) is 0 Å². The topological polar surface area (TPSA) is 24.3 Å². The second-order valence-corrected chi connectivity index (χ2v) is 7.20. The summed E-state index contributed by atoms with van der Waals surface area (Å²) in [5, 5.41) is 0. The first kappa shape index (κ1) is 14.3. The minimum absolute atomic E-state index is 0.744. The molecule has 22 heavy (non-hydrogen) atoms. The zero-order chi connectivity index (χ0) is 15.1. The van der Waals surface area contributed by atoms with Gasteiger partial charge in [0.05, 0.1) is 0 Å². The second-order valence-electron chi connectivity index (χ2n) is 6.38. The van der Waals surface area contributed by atoms with Crippen molar-refractivity contribution in [1.29, 1.82) is 0 Å². The number of halogens is 1. The average molecular weight is 361 g/mol. The Bertz CT molecular complexity index is 651. The SMILES string of the molecule is C[C@@H]1CCN1C1CCN(c2ccc(-n3cnc(Br)c3)cc2)C1. The van der Waals surface area contributed by atoms with Gasteiger partial charge < -0.3 is 9.47 Å². The van der Waals surface area contributed by atoms with Gasteiger partial charge in [-0.1, -0.05) is 0 Å². The molecule has 4 rings (SSSR count). The van der Waals surface area contributed by atoms with E-state index in [1.54, 1.807) is 0 Å². The fourth-order valence-corrected chi connectivity index (χ4v) is 3.91.